The molecule has 80 valence electrons. The zero-order valence-corrected chi connectivity index (χ0v) is 7.97. The van der Waals surface area contributed by atoms with Crippen LogP contribution in [0.2, 0.25) is 6.32 Å². The van der Waals surface area contributed by atoms with Gasteiger partial charge >= 0.3 is 6.98 Å². The lowest BCUT2D eigenvalue weighted by molar-refractivity contribution is -0.128. The summed E-state index contributed by atoms with van der Waals surface area (Å²) in [4.78, 5) is 12.4. The Morgan fingerprint density at radius 1 is 1.57 bits per heavy atom. The van der Waals surface area contributed by atoms with Crippen molar-refractivity contribution in [3.05, 3.63) is 11.6 Å². The highest BCUT2D eigenvalue weighted by Gasteiger charge is 2.25. The van der Waals surface area contributed by atoms with Gasteiger partial charge in [-0.05, 0) is 6.42 Å². The Morgan fingerprint density at radius 3 is 2.57 bits per heavy atom. The predicted molar refractivity (Wildman–Crippen MR) is 48.8 cm³/mol. The first-order chi connectivity index (χ1) is 6.38. The first-order valence-electron chi connectivity index (χ1n) is 4.53. The van der Waals surface area contributed by atoms with Crippen LogP contribution in [-0.2, 0) is 4.79 Å². The largest absolute Gasteiger partial charge is 0.482 e. The van der Waals surface area contributed by atoms with Crippen molar-refractivity contribution in [2.45, 2.75) is 19.7 Å². The van der Waals surface area contributed by atoms with E-state index in [0.717, 1.165) is 0 Å². The van der Waals surface area contributed by atoms with Crippen LogP contribution in [0.1, 0.15) is 13.3 Å². The summed E-state index contributed by atoms with van der Waals surface area (Å²) in [6.45, 7) is -2.58. The molecule has 0 atom stereocenters. The number of rotatable bonds is 2. The first-order valence-corrected chi connectivity index (χ1v) is 4.53. The van der Waals surface area contributed by atoms with Gasteiger partial charge in [0.25, 0.3) is 0 Å². The monoisotopic (exact) mass is 206 g/mol. The van der Waals surface area contributed by atoms with Gasteiger partial charge in [0.15, 0.2) is 0 Å². The molecular formula is C8H12BF3NO-. The molecule has 0 aromatic rings. The third-order valence-electron chi connectivity index (χ3n) is 2.24. The molecular weight excluding hydrogens is 194 g/mol. The molecule has 1 aliphatic rings. The van der Waals surface area contributed by atoms with Gasteiger partial charge in [0.1, 0.15) is 0 Å². The summed E-state index contributed by atoms with van der Waals surface area (Å²) in [5.41, 5.74) is 0.412. The third kappa shape index (κ3) is 3.43. The molecule has 0 aromatic heterocycles. The molecule has 0 N–H and O–H groups in total. The molecule has 0 aromatic carbocycles. The Labute approximate surface area is 80.8 Å². The average Bonchev–Trinajstić information content (AvgIpc) is 2.02. The molecule has 0 radical (unpaired) electrons. The summed E-state index contributed by atoms with van der Waals surface area (Å²) in [7, 11) is 0. The second kappa shape index (κ2) is 4.06. The predicted octanol–water partition coefficient (Wildman–Crippen LogP) is 2.01. The smallest absolute Gasteiger partial charge is 0.449 e. The summed E-state index contributed by atoms with van der Waals surface area (Å²) in [6, 6.07) is 0. The van der Waals surface area contributed by atoms with Crippen LogP contribution in [0, 0.1) is 0 Å². The second-order valence-corrected chi connectivity index (χ2v) is 3.49. The fourth-order valence-electron chi connectivity index (χ4n) is 1.48. The number of hydrogen-bond donors (Lipinski definition) is 0. The lowest BCUT2D eigenvalue weighted by atomic mass is 9.79. The van der Waals surface area contributed by atoms with Gasteiger partial charge in [-0.25, -0.2) is 0 Å². The second-order valence-electron chi connectivity index (χ2n) is 3.49. The number of halogens is 3. The van der Waals surface area contributed by atoms with E-state index in [4.69, 9.17) is 0 Å². The minimum absolute atomic E-state index is 0.0854. The van der Waals surface area contributed by atoms with Crippen LogP contribution >= 0.6 is 0 Å². The van der Waals surface area contributed by atoms with Crippen LogP contribution < -0.4 is 0 Å². The number of carbonyl (C=O) groups excluding carboxylic acids is 1. The topological polar surface area (TPSA) is 20.3 Å². The highest BCUT2D eigenvalue weighted by molar-refractivity contribution is 6.59. The molecule has 1 rings (SSSR count). The van der Waals surface area contributed by atoms with Crippen molar-refractivity contribution in [2.24, 2.45) is 0 Å². The number of amides is 1. The van der Waals surface area contributed by atoms with Gasteiger partial charge < -0.3 is 17.8 Å². The van der Waals surface area contributed by atoms with E-state index in [1.165, 1.54) is 17.9 Å². The summed E-state index contributed by atoms with van der Waals surface area (Å²) in [5.74, 6) is -0.0854. The lowest BCUT2D eigenvalue weighted by Crippen LogP contribution is -2.33. The Balaban J connectivity index is 2.49. The van der Waals surface area contributed by atoms with E-state index in [0.29, 0.717) is 25.1 Å². The molecule has 0 saturated carbocycles. The molecule has 1 amide bonds. The van der Waals surface area contributed by atoms with E-state index in [1.54, 1.807) is 0 Å². The molecule has 0 aliphatic carbocycles. The fraction of sp³-hybridized carbons (Fsp3) is 0.625. The third-order valence-corrected chi connectivity index (χ3v) is 2.24. The van der Waals surface area contributed by atoms with E-state index in [-0.39, 0.29) is 5.91 Å². The summed E-state index contributed by atoms with van der Waals surface area (Å²) < 4.78 is 36.1. The maximum Gasteiger partial charge on any atom is 0.482 e. The Hall–Kier alpha value is -0.935. The number of nitrogens with zero attached hydrogens (tertiary/aromatic N) is 1. The van der Waals surface area contributed by atoms with Crippen LogP contribution in [0.25, 0.3) is 0 Å². The van der Waals surface area contributed by atoms with E-state index >= 15 is 0 Å². The highest BCUT2D eigenvalue weighted by atomic mass is 19.4. The molecule has 6 heteroatoms. The Kier molecular flexibility index (Phi) is 3.23. The fourth-order valence-corrected chi connectivity index (χ4v) is 1.48. The van der Waals surface area contributed by atoms with Gasteiger partial charge in [0.05, 0.1) is 0 Å². The lowest BCUT2D eigenvalue weighted by Gasteiger charge is -2.27. The first kappa shape index (κ1) is 11.1. The van der Waals surface area contributed by atoms with Gasteiger partial charge in [-0.3, -0.25) is 4.79 Å². The van der Waals surface area contributed by atoms with Crippen LogP contribution in [-0.4, -0.2) is 30.9 Å². The van der Waals surface area contributed by atoms with Crippen LogP contribution in [0.15, 0.2) is 11.6 Å². The molecule has 0 saturated heterocycles. The molecule has 0 spiro atoms. The quantitative estimate of drug-likeness (QED) is 0.499. The van der Waals surface area contributed by atoms with Crippen molar-refractivity contribution in [1.29, 1.82) is 0 Å². The SMILES string of the molecule is CC(=O)N1CC=C(C[B-](F)(F)F)CC1. The van der Waals surface area contributed by atoms with Crippen LogP contribution in [0.4, 0.5) is 12.9 Å². The van der Waals surface area contributed by atoms with E-state index in [1.807, 2.05) is 0 Å². The van der Waals surface area contributed by atoms with Gasteiger partial charge in [-0.1, -0.05) is 18.0 Å². The van der Waals surface area contributed by atoms with E-state index < -0.39 is 13.3 Å². The Bertz CT molecular complexity index is 262. The summed E-state index contributed by atoms with van der Waals surface area (Å²) >= 11 is 0. The van der Waals surface area contributed by atoms with Crippen molar-refractivity contribution < 1.29 is 17.7 Å². The minimum atomic E-state index is -4.73. The van der Waals surface area contributed by atoms with Crippen LogP contribution in [0.3, 0.4) is 0 Å². The number of hydrogen-bond acceptors (Lipinski definition) is 1. The van der Waals surface area contributed by atoms with Crippen LogP contribution in [0.5, 0.6) is 0 Å². The molecule has 1 aliphatic heterocycles. The van der Waals surface area contributed by atoms with Crippen molar-refractivity contribution in [1.82, 2.24) is 4.90 Å². The zero-order chi connectivity index (χ0) is 10.8. The Morgan fingerprint density at radius 2 is 2.21 bits per heavy atom. The van der Waals surface area contributed by atoms with Crippen molar-refractivity contribution in [2.75, 3.05) is 13.1 Å². The zero-order valence-electron chi connectivity index (χ0n) is 7.97. The van der Waals surface area contributed by atoms with Crippen molar-refractivity contribution >= 4 is 12.9 Å². The molecule has 1 heterocycles. The summed E-state index contributed by atoms with van der Waals surface area (Å²) in [5, 5.41) is 0. The molecule has 2 nitrogen and oxygen atoms in total. The van der Waals surface area contributed by atoms with Gasteiger partial charge in [-0.2, -0.15) is 0 Å². The van der Waals surface area contributed by atoms with Crippen molar-refractivity contribution in [3.63, 3.8) is 0 Å². The maximum atomic E-state index is 12.0. The van der Waals surface area contributed by atoms with E-state index in [2.05, 4.69) is 0 Å². The number of carbonyl (C=O) groups is 1. The molecule has 14 heavy (non-hydrogen) atoms. The molecule has 0 fully saturated rings. The average molecular weight is 206 g/mol. The van der Waals surface area contributed by atoms with Crippen molar-refractivity contribution in [3.8, 4) is 0 Å². The van der Waals surface area contributed by atoms with E-state index in [9.17, 15) is 17.7 Å². The molecule has 0 unspecified atom stereocenters. The maximum absolute atomic E-state index is 12.0. The normalized spacial score (nSPS) is 18.0. The van der Waals surface area contributed by atoms with Gasteiger partial charge in [0, 0.05) is 20.0 Å². The standard InChI is InChI=1S/C8H12BF3NO/c1-7(14)13-4-2-8(3-5-13)6-9(10,11)12/h2H,3-6H2,1H3/q-1. The highest BCUT2D eigenvalue weighted by Crippen LogP contribution is 2.24. The molecule has 0 bridgehead atoms. The van der Waals surface area contributed by atoms with Gasteiger partial charge in [-0.15, -0.1) is 0 Å². The summed E-state index contributed by atoms with van der Waals surface area (Å²) in [6.07, 6.45) is 1.08. The van der Waals surface area contributed by atoms with Gasteiger partial charge in [0.2, 0.25) is 5.91 Å². The minimum Gasteiger partial charge on any atom is -0.449 e.